The van der Waals surface area contributed by atoms with E-state index in [1.807, 2.05) is 0 Å². The fraction of sp³-hybridized carbons (Fsp3) is 0.381. The SMILES string of the molecule is COCCO[C@@H]1[C@H](OC(=O)c2ccccc2)[C@@H](C=C(Br)Br)O[C@H]1n1cc(C)c(=O)[nH]c1=O. The predicted octanol–water partition coefficient (Wildman–Crippen LogP) is 2.63. The summed E-state index contributed by atoms with van der Waals surface area (Å²) in [5, 5.41) is 0. The van der Waals surface area contributed by atoms with Crippen molar-refractivity contribution in [3.05, 3.63) is 78.0 Å². The number of rotatable bonds is 8. The number of ether oxygens (including phenoxy) is 4. The summed E-state index contributed by atoms with van der Waals surface area (Å²) in [7, 11) is 1.53. The van der Waals surface area contributed by atoms with Crippen LogP contribution in [0.25, 0.3) is 0 Å². The third kappa shape index (κ3) is 5.84. The maximum absolute atomic E-state index is 12.8. The van der Waals surface area contributed by atoms with E-state index in [9.17, 15) is 14.4 Å². The first-order valence-electron chi connectivity index (χ1n) is 9.68. The van der Waals surface area contributed by atoms with Crippen LogP contribution >= 0.6 is 31.9 Å². The largest absolute Gasteiger partial charge is 0.453 e. The van der Waals surface area contributed by atoms with Crippen LogP contribution in [-0.4, -0.2) is 54.2 Å². The smallest absolute Gasteiger partial charge is 0.338 e. The molecule has 1 aliphatic rings. The summed E-state index contributed by atoms with van der Waals surface area (Å²) in [6.45, 7) is 2.03. The summed E-state index contributed by atoms with van der Waals surface area (Å²) in [6.07, 6.45) is -0.435. The Morgan fingerprint density at radius 1 is 1.19 bits per heavy atom. The Hall–Kier alpha value is -2.05. The summed E-state index contributed by atoms with van der Waals surface area (Å²) in [5.41, 5.74) is -0.471. The van der Waals surface area contributed by atoms with E-state index in [0.717, 1.165) is 0 Å². The molecule has 1 aliphatic heterocycles. The zero-order valence-corrected chi connectivity index (χ0v) is 20.5. The number of hydrogen-bond donors (Lipinski definition) is 1. The van der Waals surface area contributed by atoms with E-state index in [4.69, 9.17) is 18.9 Å². The van der Waals surface area contributed by atoms with Gasteiger partial charge >= 0.3 is 11.7 Å². The molecule has 1 saturated heterocycles. The molecule has 32 heavy (non-hydrogen) atoms. The molecular formula is C21H22Br2N2O7. The number of nitrogens with zero attached hydrogens (tertiary/aromatic N) is 1. The molecule has 2 aromatic rings. The maximum Gasteiger partial charge on any atom is 0.338 e. The van der Waals surface area contributed by atoms with Crippen LogP contribution in [0.3, 0.4) is 0 Å². The first-order valence-corrected chi connectivity index (χ1v) is 11.3. The summed E-state index contributed by atoms with van der Waals surface area (Å²) in [6, 6.07) is 8.52. The van der Waals surface area contributed by atoms with Crippen molar-refractivity contribution in [2.75, 3.05) is 20.3 Å². The van der Waals surface area contributed by atoms with E-state index < -0.39 is 41.8 Å². The van der Waals surface area contributed by atoms with Gasteiger partial charge in [-0.05, 0) is 57.0 Å². The number of aromatic nitrogens is 2. The molecule has 1 aromatic carbocycles. The zero-order valence-electron chi connectivity index (χ0n) is 17.3. The number of carbonyl (C=O) groups excluding carboxylic acids is 1. The molecule has 4 atom stereocenters. The van der Waals surface area contributed by atoms with Crippen LogP contribution in [0.1, 0.15) is 22.1 Å². The molecule has 1 aromatic heterocycles. The highest BCUT2D eigenvalue weighted by atomic mass is 79.9. The van der Waals surface area contributed by atoms with Gasteiger partial charge in [0, 0.05) is 18.9 Å². The minimum absolute atomic E-state index is 0.170. The van der Waals surface area contributed by atoms with Crippen LogP contribution in [0.4, 0.5) is 0 Å². The van der Waals surface area contributed by atoms with Crippen molar-refractivity contribution in [2.24, 2.45) is 0 Å². The summed E-state index contributed by atoms with van der Waals surface area (Å²) in [4.78, 5) is 39.4. The van der Waals surface area contributed by atoms with Crippen molar-refractivity contribution in [1.82, 2.24) is 9.55 Å². The molecule has 0 radical (unpaired) electrons. The molecule has 0 spiro atoms. The van der Waals surface area contributed by atoms with E-state index in [1.54, 1.807) is 43.3 Å². The predicted molar refractivity (Wildman–Crippen MR) is 123 cm³/mol. The van der Waals surface area contributed by atoms with E-state index in [-0.39, 0.29) is 13.2 Å². The highest BCUT2D eigenvalue weighted by molar-refractivity contribution is 9.28. The summed E-state index contributed by atoms with van der Waals surface area (Å²) >= 11 is 6.60. The van der Waals surface area contributed by atoms with Crippen LogP contribution in [0, 0.1) is 6.92 Å². The second-order valence-corrected chi connectivity index (χ2v) is 9.76. The van der Waals surface area contributed by atoms with Gasteiger partial charge in [0.05, 0.1) is 22.2 Å². The Morgan fingerprint density at radius 2 is 1.91 bits per heavy atom. The molecule has 0 unspecified atom stereocenters. The average Bonchev–Trinajstić information content (AvgIpc) is 3.07. The van der Waals surface area contributed by atoms with Crippen LogP contribution in [-0.2, 0) is 18.9 Å². The lowest BCUT2D eigenvalue weighted by atomic mass is 10.1. The van der Waals surface area contributed by atoms with E-state index in [1.165, 1.54) is 17.9 Å². The van der Waals surface area contributed by atoms with E-state index in [0.29, 0.717) is 14.5 Å². The van der Waals surface area contributed by atoms with Crippen molar-refractivity contribution >= 4 is 37.8 Å². The van der Waals surface area contributed by atoms with Gasteiger partial charge < -0.3 is 18.9 Å². The van der Waals surface area contributed by atoms with Crippen LogP contribution in [0.2, 0.25) is 0 Å². The Labute approximate surface area is 200 Å². The number of methoxy groups -OCH3 is 1. The van der Waals surface area contributed by atoms with Crippen LogP contribution in [0.15, 0.2) is 55.6 Å². The van der Waals surface area contributed by atoms with Gasteiger partial charge in [-0.3, -0.25) is 14.3 Å². The number of esters is 1. The first-order chi connectivity index (χ1) is 15.3. The molecule has 1 fully saturated rings. The van der Waals surface area contributed by atoms with Crippen LogP contribution in [0.5, 0.6) is 0 Å². The lowest BCUT2D eigenvalue weighted by Gasteiger charge is -2.25. The van der Waals surface area contributed by atoms with Gasteiger partial charge in [0.1, 0.15) is 12.2 Å². The topological polar surface area (TPSA) is 109 Å². The quantitative estimate of drug-likeness (QED) is 0.382. The van der Waals surface area contributed by atoms with E-state index >= 15 is 0 Å². The Balaban J connectivity index is 2.00. The van der Waals surface area contributed by atoms with Gasteiger partial charge in [-0.25, -0.2) is 9.59 Å². The highest BCUT2D eigenvalue weighted by Gasteiger charge is 2.48. The Bertz CT molecular complexity index is 1080. The molecule has 1 N–H and O–H groups in total. The van der Waals surface area contributed by atoms with E-state index in [2.05, 4.69) is 36.8 Å². The van der Waals surface area contributed by atoms with Crippen molar-refractivity contribution in [3.8, 4) is 0 Å². The van der Waals surface area contributed by atoms with Crippen molar-refractivity contribution in [1.29, 1.82) is 0 Å². The third-order valence-electron chi connectivity index (χ3n) is 4.79. The molecule has 2 heterocycles. The number of halogens is 2. The first kappa shape index (κ1) is 24.6. The summed E-state index contributed by atoms with van der Waals surface area (Å²) in [5.74, 6) is -0.561. The van der Waals surface area contributed by atoms with Gasteiger partial charge in [-0.1, -0.05) is 18.2 Å². The number of hydrogen-bond acceptors (Lipinski definition) is 7. The number of H-pyrrole nitrogens is 1. The lowest BCUT2D eigenvalue weighted by molar-refractivity contribution is -0.0812. The minimum Gasteiger partial charge on any atom is -0.453 e. The molecule has 0 saturated carbocycles. The van der Waals surface area contributed by atoms with Crippen molar-refractivity contribution in [3.63, 3.8) is 0 Å². The fourth-order valence-corrected chi connectivity index (χ4v) is 3.79. The molecule has 0 aliphatic carbocycles. The summed E-state index contributed by atoms with van der Waals surface area (Å²) < 4.78 is 24.7. The number of aryl methyl sites for hydroxylation is 1. The van der Waals surface area contributed by atoms with Gasteiger partial charge in [0.25, 0.3) is 5.56 Å². The number of aromatic amines is 1. The molecule has 0 amide bonds. The normalized spacial score (nSPS) is 22.5. The number of nitrogens with one attached hydrogen (secondary N) is 1. The van der Waals surface area contributed by atoms with Gasteiger partial charge in [-0.15, -0.1) is 0 Å². The zero-order chi connectivity index (χ0) is 23.3. The molecule has 11 heteroatoms. The molecule has 0 bridgehead atoms. The standard InChI is InChI=1S/C21H22Br2N2O7/c1-12-11-25(21(28)24-18(12)26)19-17(30-9-8-29-2)16(14(31-19)10-15(22)23)32-20(27)13-6-4-3-5-7-13/h3-7,10-11,14,16-17,19H,8-9H2,1-2H3,(H,24,26,28)/t14-,16-,17-,19-/m1/s1. The Kier molecular flexibility index (Phi) is 8.60. The second kappa shape index (κ2) is 11.2. The average molecular weight is 574 g/mol. The van der Waals surface area contributed by atoms with Crippen molar-refractivity contribution < 1.29 is 23.7 Å². The highest BCUT2D eigenvalue weighted by Crippen LogP contribution is 2.35. The van der Waals surface area contributed by atoms with Crippen molar-refractivity contribution in [2.45, 2.75) is 31.5 Å². The van der Waals surface area contributed by atoms with Gasteiger partial charge in [0.15, 0.2) is 12.3 Å². The molecule has 3 rings (SSSR count). The van der Waals surface area contributed by atoms with Gasteiger partial charge in [-0.2, -0.15) is 0 Å². The van der Waals surface area contributed by atoms with Gasteiger partial charge in [0.2, 0.25) is 0 Å². The number of benzene rings is 1. The molecular weight excluding hydrogens is 552 g/mol. The molecule has 9 nitrogen and oxygen atoms in total. The Morgan fingerprint density at radius 3 is 2.56 bits per heavy atom. The second-order valence-electron chi connectivity index (χ2n) is 6.99. The number of carbonyl (C=O) groups is 1. The third-order valence-corrected chi connectivity index (χ3v) is 5.31. The minimum atomic E-state index is -0.968. The monoisotopic (exact) mass is 572 g/mol. The molecule has 172 valence electrons. The lowest BCUT2D eigenvalue weighted by Crippen LogP contribution is -2.41. The maximum atomic E-state index is 12.8. The van der Waals surface area contributed by atoms with Crippen LogP contribution < -0.4 is 11.2 Å². The fourth-order valence-electron chi connectivity index (χ4n) is 3.27.